The Bertz CT molecular complexity index is 1410. The summed E-state index contributed by atoms with van der Waals surface area (Å²) in [6.45, 7) is 2.22. The molecule has 1 atom stereocenters. The van der Waals surface area contributed by atoms with Crippen molar-refractivity contribution in [1.29, 1.82) is 0 Å². The Morgan fingerprint density at radius 3 is 2.54 bits per heavy atom. The molecule has 4 N–H and O–H groups in total. The first-order valence-corrected chi connectivity index (χ1v) is 10.4. The third kappa shape index (κ3) is 5.49. The largest absolute Gasteiger partial charge is 0.436 e. The molecular weight excluding hydrogens is 465 g/mol. The van der Waals surface area contributed by atoms with E-state index < -0.39 is 17.3 Å². The zero-order valence-electron chi connectivity index (χ0n) is 18.7. The topological polar surface area (TPSA) is 128 Å². The highest BCUT2D eigenvalue weighted by atomic mass is 19.4. The number of nitrogens with two attached hydrogens (primary N) is 1. The number of alkyl halides is 3. The highest BCUT2D eigenvalue weighted by molar-refractivity contribution is 5.82. The third-order valence-corrected chi connectivity index (χ3v) is 4.93. The zero-order valence-corrected chi connectivity index (χ0v) is 18.7. The molecule has 0 spiro atoms. The van der Waals surface area contributed by atoms with Gasteiger partial charge in [0.1, 0.15) is 5.52 Å². The fraction of sp³-hybridized carbons (Fsp3) is 0.217. The second kappa shape index (κ2) is 9.58. The molecule has 0 aliphatic rings. The van der Waals surface area contributed by atoms with Gasteiger partial charge in [-0.05, 0) is 31.2 Å². The van der Waals surface area contributed by atoms with Crippen LogP contribution >= 0.6 is 0 Å². The van der Waals surface area contributed by atoms with E-state index in [0.29, 0.717) is 28.9 Å². The number of para-hydroxylation sites is 1. The van der Waals surface area contributed by atoms with Crippen LogP contribution in [0.1, 0.15) is 12.5 Å². The van der Waals surface area contributed by atoms with Crippen LogP contribution in [0.4, 0.5) is 24.9 Å². The molecule has 182 valence electrons. The maximum Gasteiger partial charge on any atom is 0.416 e. The van der Waals surface area contributed by atoms with E-state index in [2.05, 4.69) is 25.3 Å². The fourth-order valence-electron chi connectivity index (χ4n) is 3.32. The van der Waals surface area contributed by atoms with E-state index in [1.54, 1.807) is 25.3 Å². The Balaban J connectivity index is 1.76. The Morgan fingerprint density at radius 2 is 1.86 bits per heavy atom. The summed E-state index contributed by atoms with van der Waals surface area (Å²) in [6, 6.07) is 10.8. The highest BCUT2D eigenvalue weighted by Gasteiger charge is 2.30. The number of nitrogens with zero attached hydrogens (tertiary/aromatic N) is 3. The van der Waals surface area contributed by atoms with Crippen molar-refractivity contribution in [3.63, 3.8) is 0 Å². The molecule has 0 aliphatic carbocycles. The number of methoxy groups -OCH3 is 1. The van der Waals surface area contributed by atoms with Gasteiger partial charge in [0, 0.05) is 24.8 Å². The van der Waals surface area contributed by atoms with Crippen LogP contribution in [0.25, 0.3) is 22.3 Å². The summed E-state index contributed by atoms with van der Waals surface area (Å²) in [6.07, 6.45) is -4.45. The van der Waals surface area contributed by atoms with E-state index in [-0.39, 0.29) is 29.4 Å². The lowest BCUT2D eigenvalue weighted by Crippen LogP contribution is -2.22. The lowest BCUT2D eigenvalue weighted by atomic mass is 10.1. The van der Waals surface area contributed by atoms with Crippen LogP contribution in [0.5, 0.6) is 11.6 Å². The van der Waals surface area contributed by atoms with Crippen LogP contribution in [0, 0.1) is 0 Å². The van der Waals surface area contributed by atoms with Gasteiger partial charge in [0.15, 0.2) is 11.6 Å². The second-order valence-corrected chi connectivity index (χ2v) is 7.70. The summed E-state index contributed by atoms with van der Waals surface area (Å²) >= 11 is 0. The molecule has 0 saturated carbocycles. The van der Waals surface area contributed by atoms with Crippen LogP contribution in [0.3, 0.4) is 0 Å². The molecule has 2 aromatic carbocycles. The van der Waals surface area contributed by atoms with Crippen molar-refractivity contribution in [2.24, 2.45) is 0 Å². The summed E-state index contributed by atoms with van der Waals surface area (Å²) < 4.78 is 50.0. The van der Waals surface area contributed by atoms with E-state index in [9.17, 15) is 18.0 Å². The zero-order chi connectivity index (χ0) is 25.2. The molecule has 0 amide bonds. The number of nitrogens with one attached hydrogen (secondary N) is 2. The average molecular weight is 486 g/mol. The molecule has 12 heteroatoms. The Labute approximate surface area is 197 Å². The minimum atomic E-state index is -4.45. The molecule has 0 fully saturated rings. The number of benzene rings is 2. The van der Waals surface area contributed by atoms with Crippen LogP contribution in [-0.4, -0.2) is 39.7 Å². The summed E-state index contributed by atoms with van der Waals surface area (Å²) in [4.78, 5) is 27.3. The van der Waals surface area contributed by atoms with Gasteiger partial charge in [-0.1, -0.05) is 18.2 Å². The first kappa shape index (κ1) is 24.0. The third-order valence-electron chi connectivity index (χ3n) is 4.93. The number of hydrogen-bond donors (Lipinski definition) is 3. The summed E-state index contributed by atoms with van der Waals surface area (Å²) in [5, 5.41) is 3.08. The minimum Gasteiger partial charge on any atom is -0.436 e. The lowest BCUT2D eigenvalue weighted by molar-refractivity contribution is -0.137. The summed E-state index contributed by atoms with van der Waals surface area (Å²) in [5.41, 5.74) is 5.84. The molecule has 0 unspecified atom stereocenters. The quantitative estimate of drug-likeness (QED) is 0.354. The van der Waals surface area contributed by atoms with Crippen LogP contribution < -0.4 is 21.3 Å². The predicted octanol–water partition coefficient (Wildman–Crippen LogP) is 4.22. The van der Waals surface area contributed by atoms with E-state index in [4.69, 9.17) is 15.2 Å². The highest BCUT2D eigenvalue weighted by Crippen LogP contribution is 2.33. The predicted molar refractivity (Wildman–Crippen MR) is 124 cm³/mol. The lowest BCUT2D eigenvalue weighted by Gasteiger charge is -2.15. The molecule has 35 heavy (non-hydrogen) atoms. The van der Waals surface area contributed by atoms with E-state index in [0.717, 1.165) is 12.1 Å². The number of aromatic amines is 1. The average Bonchev–Trinajstić information content (AvgIpc) is 2.80. The first-order valence-electron chi connectivity index (χ1n) is 10.4. The monoisotopic (exact) mass is 486 g/mol. The van der Waals surface area contributed by atoms with E-state index >= 15 is 0 Å². The van der Waals surface area contributed by atoms with Gasteiger partial charge in [-0.2, -0.15) is 18.2 Å². The second-order valence-electron chi connectivity index (χ2n) is 7.70. The Morgan fingerprint density at radius 1 is 1.11 bits per heavy atom. The van der Waals surface area contributed by atoms with Crippen LogP contribution in [0.15, 0.2) is 53.3 Å². The van der Waals surface area contributed by atoms with Gasteiger partial charge in [0.2, 0.25) is 11.8 Å². The molecule has 0 bridgehead atoms. The standard InChI is InChI=1S/C23H21F3N6O3/c1-12(11-34-2)28-22-30-16(13-6-8-14(9-7-13)23(24,25)26)10-18(31-22)35-17-5-3-4-15-19(17)32-20(27)21(33)29-15/h3-10,12H,11H2,1-2H3,(H2,27,32)(H,29,33)(H,28,30,31)/t12-/m1/s1. The Hall–Kier alpha value is -4.19. The smallest absolute Gasteiger partial charge is 0.416 e. The van der Waals surface area contributed by atoms with Gasteiger partial charge in [0.05, 0.1) is 23.4 Å². The summed E-state index contributed by atoms with van der Waals surface area (Å²) in [7, 11) is 1.55. The molecule has 2 heterocycles. The molecule has 4 aromatic rings. The van der Waals surface area contributed by atoms with Gasteiger partial charge >= 0.3 is 6.18 Å². The van der Waals surface area contributed by atoms with Crippen molar-refractivity contribution >= 4 is 22.8 Å². The maximum absolute atomic E-state index is 13.0. The fourth-order valence-corrected chi connectivity index (χ4v) is 3.32. The van der Waals surface area contributed by atoms with Crippen molar-refractivity contribution < 1.29 is 22.6 Å². The molecule has 0 saturated heterocycles. The van der Waals surface area contributed by atoms with E-state index in [1.807, 2.05) is 6.92 Å². The molecular formula is C23H21F3N6O3. The number of H-pyrrole nitrogens is 1. The van der Waals surface area contributed by atoms with Gasteiger partial charge in [0.25, 0.3) is 5.56 Å². The van der Waals surface area contributed by atoms with Gasteiger partial charge in [-0.3, -0.25) is 4.79 Å². The van der Waals surface area contributed by atoms with E-state index in [1.165, 1.54) is 18.2 Å². The maximum atomic E-state index is 13.0. The van der Waals surface area contributed by atoms with Gasteiger partial charge in [-0.25, -0.2) is 9.97 Å². The number of aromatic nitrogens is 4. The molecule has 0 radical (unpaired) electrons. The normalized spacial score (nSPS) is 12.5. The molecule has 2 aromatic heterocycles. The number of rotatable bonds is 7. The number of hydrogen-bond acceptors (Lipinski definition) is 8. The minimum absolute atomic E-state index is 0.0982. The Kier molecular flexibility index (Phi) is 6.56. The molecule has 9 nitrogen and oxygen atoms in total. The van der Waals surface area contributed by atoms with Crippen molar-refractivity contribution in [3.8, 4) is 22.9 Å². The van der Waals surface area contributed by atoms with Crippen molar-refractivity contribution in [1.82, 2.24) is 19.9 Å². The first-order chi connectivity index (χ1) is 16.6. The summed E-state index contributed by atoms with van der Waals surface area (Å²) in [5.74, 6) is 0.319. The number of halogens is 3. The number of fused-ring (bicyclic) bond motifs is 1. The van der Waals surface area contributed by atoms with Gasteiger partial charge in [-0.15, -0.1) is 0 Å². The van der Waals surface area contributed by atoms with Crippen molar-refractivity contribution in [2.75, 3.05) is 24.8 Å². The van der Waals surface area contributed by atoms with Crippen molar-refractivity contribution in [2.45, 2.75) is 19.1 Å². The number of nitrogen functional groups attached to an aromatic ring is 1. The SMILES string of the molecule is COC[C@@H](C)Nc1nc(Oc2cccc3[nH]c(=O)c(N)nc23)cc(-c2ccc(C(F)(F)F)cc2)n1. The van der Waals surface area contributed by atoms with Crippen molar-refractivity contribution in [3.05, 3.63) is 64.4 Å². The van der Waals surface area contributed by atoms with Crippen LogP contribution in [0.2, 0.25) is 0 Å². The number of anilines is 2. The number of ether oxygens (including phenoxy) is 2. The molecule has 4 rings (SSSR count). The van der Waals surface area contributed by atoms with Gasteiger partial charge < -0.3 is 25.5 Å². The van der Waals surface area contributed by atoms with Crippen LogP contribution in [-0.2, 0) is 10.9 Å². The molecule has 0 aliphatic heterocycles.